The van der Waals surface area contributed by atoms with E-state index in [1.165, 1.54) is 12.6 Å². The zero-order chi connectivity index (χ0) is 14.9. The van der Waals surface area contributed by atoms with Gasteiger partial charge in [0, 0.05) is 6.20 Å². The van der Waals surface area contributed by atoms with Crippen molar-refractivity contribution in [2.75, 3.05) is 6.61 Å². The standard InChI is InChI=1S/C14H17ClN4O2/c1-14(16,8-20-10-3-2-4-10)13-18-12(21-19-13)11-6-5-9(15)7-17-11/h5-7,10H,2-4,8,16H2,1H3. The largest absolute Gasteiger partial charge is 0.376 e. The van der Waals surface area contributed by atoms with E-state index >= 15 is 0 Å². The first kappa shape index (κ1) is 14.4. The van der Waals surface area contributed by atoms with Gasteiger partial charge in [-0.3, -0.25) is 0 Å². The topological polar surface area (TPSA) is 87.1 Å². The zero-order valence-electron chi connectivity index (χ0n) is 11.8. The van der Waals surface area contributed by atoms with Crippen molar-refractivity contribution in [2.24, 2.45) is 5.73 Å². The van der Waals surface area contributed by atoms with Gasteiger partial charge in [0.1, 0.15) is 11.2 Å². The molecular weight excluding hydrogens is 292 g/mol. The van der Waals surface area contributed by atoms with Gasteiger partial charge >= 0.3 is 0 Å². The molecule has 6 nitrogen and oxygen atoms in total. The maximum atomic E-state index is 6.23. The average molecular weight is 309 g/mol. The van der Waals surface area contributed by atoms with E-state index in [2.05, 4.69) is 15.1 Å². The van der Waals surface area contributed by atoms with Crippen LogP contribution in [0.4, 0.5) is 0 Å². The normalized spacial score (nSPS) is 18.2. The number of rotatable bonds is 5. The predicted octanol–water partition coefficient (Wildman–Crippen LogP) is 2.53. The van der Waals surface area contributed by atoms with Crippen LogP contribution in [-0.2, 0) is 10.3 Å². The SMILES string of the molecule is CC(N)(COC1CCC1)c1noc(-c2ccc(Cl)cn2)n1. The Bertz CT molecular complexity index is 608. The minimum Gasteiger partial charge on any atom is -0.376 e. The second-order valence-corrected chi connectivity index (χ2v) is 6.00. The van der Waals surface area contributed by atoms with Crippen molar-refractivity contribution in [2.45, 2.75) is 37.8 Å². The van der Waals surface area contributed by atoms with E-state index in [1.54, 1.807) is 12.1 Å². The Balaban J connectivity index is 1.71. The molecule has 21 heavy (non-hydrogen) atoms. The Morgan fingerprint density at radius 2 is 2.29 bits per heavy atom. The molecule has 1 fully saturated rings. The van der Waals surface area contributed by atoms with E-state index in [0.29, 0.717) is 35.1 Å². The van der Waals surface area contributed by atoms with Crippen molar-refractivity contribution in [3.05, 3.63) is 29.2 Å². The number of hydrogen-bond donors (Lipinski definition) is 1. The van der Waals surface area contributed by atoms with Crippen molar-refractivity contribution >= 4 is 11.6 Å². The highest BCUT2D eigenvalue weighted by Crippen LogP contribution is 2.25. The lowest BCUT2D eigenvalue weighted by Gasteiger charge is -2.29. The van der Waals surface area contributed by atoms with E-state index < -0.39 is 5.54 Å². The third-order valence-electron chi connectivity index (χ3n) is 3.55. The fraction of sp³-hybridized carbons (Fsp3) is 0.500. The fourth-order valence-electron chi connectivity index (χ4n) is 1.95. The lowest BCUT2D eigenvalue weighted by Crippen LogP contribution is -2.41. The Labute approximate surface area is 127 Å². The number of aromatic nitrogens is 3. The summed E-state index contributed by atoms with van der Waals surface area (Å²) in [7, 11) is 0. The molecule has 1 atom stereocenters. The Hall–Kier alpha value is -1.50. The summed E-state index contributed by atoms with van der Waals surface area (Å²) in [6.07, 6.45) is 5.27. The molecule has 112 valence electrons. The van der Waals surface area contributed by atoms with E-state index in [9.17, 15) is 0 Å². The van der Waals surface area contributed by atoms with Gasteiger partial charge in [0.2, 0.25) is 0 Å². The predicted molar refractivity (Wildman–Crippen MR) is 77.7 cm³/mol. The summed E-state index contributed by atoms with van der Waals surface area (Å²) in [5.74, 6) is 0.732. The molecule has 2 heterocycles. The molecule has 0 aromatic carbocycles. The number of nitrogens with zero attached hydrogens (tertiary/aromatic N) is 3. The molecule has 1 aliphatic carbocycles. The molecule has 1 unspecified atom stereocenters. The summed E-state index contributed by atoms with van der Waals surface area (Å²) in [4.78, 5) is 8.46. The molecule has 7 heteroatoms. The van der Waals surface area contributed by atoms with Crippen LogP contribution >= 0.6 is 11.6 Å². The number of ether oxygens (including phenoxy) is 1. The third-order valence-corrected chi connectivity index (χ3v) is 3.78. The Morgan fingerprint density at radius 1 is 1.48 bits per heavy atom. The summed E-state index contributed by atoms with van der Waals surface area (Å²) in [5, 5.41) is 4.50. The van der Waals surface area contributed by atoms with E-state index in [4.69, 9.17) is 26.6 Å². The molecule has 3 rings (SSSR count). The van der Waals surface area contributed by atoms with Gasteiger partial charge in [0.25, 0.3) is 5.89 Å². The molecule has 2 aromatic rings. The second-order valence-electron chi connectivity index (χ2n) is 5.57. The highest BCUT2D eigenvalue weighted by Gasteiger charge is 2.30. The molecule has 1 aliphatic rings. The van der Waals surface area contributed by atoms with Gasteiger partial charge in [0.05, 0.1) is 17.7 Å². The molecular formula is C14H17ClN4O2. The Kier molecular flexibility index (Phi) is 3.93. The minimum absolute atomic E-state index is 0.317. The molecule has 1 saturated carbocycles. The first-order valence-corrected chi connectivity index (χ1v) is 7.29. The lowest BCUT2D eigenvalue weighted by molar-refractivity contribution is -0.0222. The minimum atomic E-state index is -0.788. The number of nitrogens with two attached hydrogens (primary N) is 1. The van der Waals surface area contributed by atoms with Gasteiger partial charge in [-0.05, 0) is 38.3 Å². The maximum absolute atomic E-state index is 6.23. The quantitative estimate of drug-likeness (QED) is 0.913. The van der Waals surface area contributed by atoms with Crippen molar-refractivity contribution in [1.29, 1.82) is 0 Å². The van der Waals surface area contributed by atoms with Crippen LogP contribution in [0, 0.1) is 0 Å². The van der Waals surface area contributed by atoms with Crippen LogP contribution in [-0.4, -0.2) is 27.8 Å². The highest BCUT2D eigenvalue weighted by molar-refractivity contribution is 6.30. The van der Waals surface area contributed by atoms with Gasteiger partial charge in [-0.15, -0.1) is 0 Å². The molecule has 0 saturated heterocycles. The smallest absolute Gasteiger partial charge is 0.276 e. The summed E-state index contributed by atoms with van der Waals surface area (Å²) in [6, 6.07) is 3.44. The van der Waals surface area contributed by atoms with Crippen molar-refractivity contribution < 1.29 is 9.26 Å². The van der Waals surface area contributed by atoms with Gasteiger partial charge in [0.15, 0.2) is 5.82 Å². The van der Waals surface area contributed by atoms with E-state index in [-0.39, 0.29) is 0 Å². The van der Waals surface area contributed by atoms with Crippen LogP contribution in [0.3, 0.4) is 0 Å². The van der Waals surface area contributed by atoms with Gasteiger partial charge in [-0.25, -0.2) is 4.98 Å². The van der Waals surface area contributed by atoms with Gasteiger partial charge in [-0.2, -0.15) is 4.98 Å². The number of pyridine rings is 1. The lowest BCUT2D eigenvalue weighted by atomic mass is 9.95. The molecule has 0 radical (unpaired) electrons. The van der Waals surface area contributed by atoms with Crippen molar-refractivity contribution in [3.8, 4) is 11.6 Å². The fourth-order valence-corrected chi connectivity index (χ4v) is 2.07. The molecule has 2 N–H and O–H groups in total. The first-order valence-electron chi connectivity index (χ1n) is 6.91. The van der Waals surface area contributed by atoms with E-state index in [1.807, 2.05) is 6.92 Å². The highest BCUT2D eigenvalue weighted by atomic mass is 35.5. The number of hydrogen-bond acceptors (Lipinski definition) is 6. The third kappa shape index (κ3) is 3.23. The van der Waals surface area contributed by atoms with Crippen molar-refractivity contribution in [1.82, 2.24) is 15.1 Å². The van der Waals surface area contributed by atoms with Crippen molar-refractivity contribution in [3.63, 3.8) is 0 Å². The van der Waals surface area contributed by atoms with Crippen LogP contribution in [0.5, 0.6) is 0 Å². The molecule has 2 aromatic heterocycles. The summed E-state index contributed by atoms with van der Waals surface area (Å²) in [5.41, 5.74) is 6.00. The Morgan fingerprint density at radius 3 is 2.90 bits per heavy atom. The van der Waals surface area contributed by atoms with Gasteiger partial charge < -0.3 is 15.0 Å². The monoisotopic (exact) mass is 308 g/mol. The van der Waals surface area contributed by atoms with Crippen LogP contribution in [0.1, 0.15) is 32.0 Å². The van der Waals surface area contributed by atoms with Crippen LogP contribution in [0.15, 0.2) is 22.9 Å². The van der Waals surface area contributed by atoms with Crippen LogP contribution in [0.2, 0.25) is 5.02 Å². The molecule has 0 spiro atoms. The molecule has 0 amide bonds. The first-order chi connectivity index (χ1) is 10.0. The summed E-state index contributed by atoms with van der Waals surface area (Å²) >= 11 is 5.80. The summed E-state index contributed by atoms with van der Waals surface area (Å²) in [6.45, 7) is 2.19. The van der Waals surface area contributed by atoms with Crippen LogP contribution in [0.25, 0.3) is 11.6 Å². The summed E-state index contributed by atoms with van der Waals surface area (Å²) < 4.78 is 11.0. The molecule has 0 bridgehead atoms. The second kappa shape index (κ2) is 5.71. The maximum Gasteiger partial charge on any atom is 0.276 e. The zero-order valence-corrected chi connectivity index (χ0v) is 12.5. The number of halogens is 1. The van der Waals surface area contributed by atoms with Crippen LogP contribution < -0.4 is 5.73 Å². The average Bonchev–Trinajstić information content (AvgIpc) is 2.88. The van der Waals surface area contributed by atoms with Gasteiger partial charge in [-0.1, -0.05) is 16.8 Å². The van der Waals surface area contributed by atoms with E-state index in [0.717, 1.165) is 12.8 Å². The molecule has 0 aliphatic heterocycles.